The van der Waals surface area contributed by atoms with E-state index in [1.54, 1.807) is 24.3 Å². The summed E-state index contributed by atoms with van der Waals surface area (Å²) in [5.74, 6) is 0.455. The van der Waals surface area contributed by atoms with Crippen molar-refractivity contribution in [2.75, 3.05) is 6.61 Å². The van der Waals surface area contributed by atoms with E-state index in [1.807, 2.05) is 49.4 Å². The Morgan fingerprint density at radius 1 is 0.892 bits per heavy atom. The fourth-order valence-electron chi connectivity index (χ4n) is 4.11. The molecule has 0 aliphatic heterocycles. The van der Waals surface area contributed by atoms with Gasteiger partial charge in [0.2, 0.25) is 0 Å². The maximum Gasteiger partial charge on any atom is 0.355 e. The summed E-state index contributed by atoms with van der Waals surface area (Å²) < 4.78 is 5.90. The van der Waals surface area contributed by atoms with Gasteiger partial charge in [0, 0.05) is 18.6 Å². The average molecular weight is 499 g/mol. The summed E-state index contributed by atoms with van der Waals surface area (Å²) in [7, 11) is 0. The predicted octanol–water partition coefficient (Wildman–Crippen LogP) is 5.60. The number of aromatic amines is 1. The van der Waals surface area contributed by atoms with Gasteiger partial charge in [0.15, 0.2) is 5.75 Å². The first-order valence-corrected chi connectivity index (χ1v) is 12.4. The number of ether oxygens (including phenoxy) is 1. The molecule has 3 aromatic carbocycles. The van der Waals surface area contributed by atoms with E-state index in [-0.39, 0.29) is 11.5 Å². The monoisotopic (exact) mass is 498 g/mol. The first-order chi connectivity index (χ1) is 18.1. The molecule has 0 spiro atoms. The quantitative estimate of drug-likeness (QED) is 0.155. The summed E-state index contributed by atoms with van der Waals surface area (Å²) in [6.07, 6.45) is 2.27. The predicted molar refractivity (Wildman–Crippen MR) is 141 cm³/mol. The highest BCUT2D eigenvalue weighted by Crippen LogP contribution is 2.32. The summed E-state index contributed by atoms with van der Waals surface area (Å²) in [4.78, 5) is 33.6. The fourth-order valence-corrected chi connectivity index (χ4v) is 4.11. The minimum absolute atomic E-state index is 0.112. The topological polar surface area (TPSA) is 90.5 Å². The summed E-state index contributed by atoms with van der Waals surface area (Å²) in [5, 5.41) is 7.12. The molecule has 190 valence electrons. The third-order valence-corrected chi connectivity index (χ3v) is 5.81. The number of aryl methyl sites for hydroxylation is 1. The van der Waals surface area contributed by atoms with Crippen LogP contribution in [0.3, 0.4) is 0 Å². The molecule has 1 aromatic heterocycles. The second-order valence-corrected chi connectivity index (χ2v) is 8.61. The van der Waals surface area contributed by atoms with Crippen molar-refractivity contribution < 1.29 is 19.3 Å². The van der Waals surface area contributed by atoms with Gasteiger partial charge in [-0.2, -0.15) is 5.10 Å². The van der Waals surface area contributed by atoms with Crippen molar-refractivity contribution in [2.45, 2.75) is 38.5 Å². The molecule has 0 saturated carbocycles. The highest BCUT2D eigenvalue weighted by Gasteiger charge is 2.21. The number of nitrogens with one attached hydrogen (secondary N) is 1. The smallest absolute Gasteiger partial charge is 0.355 e. The van der Waals surface area contributed by atoms with Crippen LogP contribution in [-0.4, -0.2) is 22.8 Å². The summed E-state index contributed by atoms with van der Waals surface area (Å²) in [6.45, 7) is 2.32. The molecule has 0 fully saturated rings. The largest absolute Gasteiger partial charge is 0.493 e. The van der Waals surface area contributed by atoms with Crippen molar-refractivity contribution >= 4 is 5.97 Å². The van der Waals surface area contributed by atoms with Crippen molar-refractivity contribution in [3.63, 3.8) is 0 Å². The lowest BCUT2D eigenvalue weighted by molar-refractivity contribution is -0.213. The number of hydrogen-bond donors (Lipinski definition) is 1. The van der Waals surface area contributed by atoms with Crippen LogP contribution in [0, 0.1) is 0 Å². The zero-order valence-electron chi connectivity index (χ0n) is 20.8. The Balaban J connectivity index is 1.45. The zero-order valence-corrected chi connectivity index (χ0v) is 20.8. The standard InChI is InChI=1S/C30H30N2O5/c1-2-11-28(34)37-36-26-18-9-17-25(21-26)35-19-10-16-24-20-27(33)31-32-30(24)29(22-12-5-3-6-13-22)23-14-7-4-8-15-23/h3-9,12-15,17-18,20-21,29H,2,10-11,16,19H2,1H3,(H,31,33). The van der Waals surface area contributed by atoms with E-state index in [0.29, 0.717) is 43.8 Å². The molecule has 4 aromatic rings. The second-order valence-electron chi connectivity index (χ2n) is 8.61. The molecule has 1 heterocycles. The first-order valence-electron chi connectivity index (χ1n) is 12.4. The molecule has 0 bridgehead atoms. The minimum atomic E-state index is -0.416. The molecule has 0 saturated heterocycles. The fraction of sp³-hybridized carbons (Fsp3) is 0.233. The maximum atomic E-state index is 12.2. The number of hydrogen-bond acceptors (Lipinski definition) is 6. The van der Waals surface area contributed by atoms with Gasteiger partial charge in [-0.3, -0.25) is 14.6 Å². The van der Waals surface area contributed by atoms with Crippen LogP contribution < -0.4 is 15.2 Å². The number of nitrogens with zero attached hydrogens (tertiary/aromatic N) is 1. The molecule has 0 radical (unpaired) electrons. The summed E-state index contributed by atoms with van der Waals surface area (Å²) in [5.41, 5.74) is 3.66. The van der Waals surface area contributed by atoms with Crippen LogP contribution in [0.4, 0.5) is 0 Å². The molecule has 0 amide bonds. The van der Waals surface area contributed by atoms with Gasteiger partial charge >= 0.3 is 5.97 Å². The van der Waals surface area contributed by atoms with E-state index < -0.39 is 5.97 Å². The van der Waals surface area contributed by atoms with Crippen LogP contribution in [0.1, 0.15) is 54.5 Å². The minimum Gasteiger partial charge on any atom is -0.493 e. The van der Waals surface area contributed by atoms with E-state index in [1.165, 1.54) is 0 Å². The first kappa shape index (κ1) is 25.7. The molecule has 0 unspecified atom stereocenters. The molecule has 0 aliphatic rings. The van der Waals surface area contributed by atoms with E-state index in [9.17, 15) is 9.59 Å². The maximum absolute atomic E-state index is 12.2. The Kier molecular flexibility index (Phi) is 9.07. The third kappa shape index (κ3) is 7.30. The average Bonchev–Trinajstić information content (AvgIpc) is 2.93. The van der Waals surface area contributed by atoms with Gasteiger partial charge in [-0.15, -0.1) is 0 Å². The Bertz CT molecular complexity index is 1300. The molecule has 7 heteroatoms. The van der Waals surface area contributed by atoms with Gasteiger partial charge in [-0.25, -0.2) is 9.89 Å². The molecule has 0 atom stereocenters. The van der Waals surface area contributed by atoms with Crippen LogP contribution in [0.25, 0.3) is 0 Å². The lowest BCUT2D eigenvalue weighted by Gasteiger charge is -2.20. The Morgan fingerprint density at radius 3 is 2.24 bits per heavy atom. The number of rotatable bonds is 12. The van der Waals surface area contributed by atoms with Gasteiger partial charge in [-0.1, -0.05) is 73.7 Å². The Hall–Kier alpha value is -4.39. The van der Waals surface area contributed by atoms with Gasteiger partial charge in [0.25, 0.3) is 5.56 Å². The van der Waals surface area contributed by atoms with E-state index >= 15 is 0 Å². The second kappa shape index (κ2) is 13.1. The van der Waals surface area contributed by atoms with Crippen molar-refractivity contribution in [1.29, 1.82) is 0 Å². The molecule has 1 N–H and O–H groups in total. The molecule has 37 heavy (non-hydrogen) atoms. The highest BCUT2D eigenvalue weighted by molar-refractivity contribution is 5.68. The van der Waals surface area contributed by atoms with Gasteiger partial charge in [0.05, 0.1) is 18.2 Å². The van der Waals surface area contributed by atoms with E-state index in [4.69, 9.17) is 14.5 Å². The van der Waals surface area contributed by atoms with Gasteiger partial charge in [-0.05, 0) is 48.1 Å². The van der Waals surface area contributed by atoms with Gasteiger partial charge in [0.1, 0.15) is 5.75 Å². The Morgan fingerprint density at radius 2 is 1.57 bits per heavy atom. The van der Waals surface area contributed by atoms with E-state index in [0.717, 1.165) is 22.4 Å². The molecular weight excluding hydrogens is 468 g/mol. The summed E-state index contributed by atoms with van der Waals surface area (Å²) >= 11 is 0. The highest BCUT2D eigenvalue weighted by atomic mass is 17.2. The lowest BCUT2D eigenvalue weighted by atomic mass is 9.85. The van der Waals surface area contributed by atoms with Crippen LogP contribution in [-0.2, 0) is 16.1 Å². The SMILES string of the molecule is CCCC(=O)OOc1cccc(OCCCc2cc(=O)[nH]nc2C(c2ccccc2)c2ccccc2)c1. The van der Waals surface area contributed by atoms with Gasteiger partial charge < -0.3 is 4.74 Å². The molecular formula is C30H30N2O5. The normalized spacial score (nSPS) is 10.8. The van der Waals surface area contributed by atoms with Crippen LogP contribution in [0.15, 0.2) is 95.8 Å². The summed E-state index contributed by atoms with van der Waals surface area (Å²) in [6, 6.07) is 28.9. The van der Waals surface area contributed by atoms with Crippen molar-refractivity contribution in [1.82, 2.24) is 10.2 Å². The van der Waals surface area contributed by atoms with Crippen LogP contribution in [0.5, 0.6) is 11.5 Å². The number of aromatic nitrogens is 2. The number of benzene rings is 3. The van der Waals surface area contributed by atoms with Crippen molar-refractivity contribution in [3.05, 3.63) is 124 Å². The lowest BCUT2D eigenvalue weighted by Crippen LogP contribution is -2.17. The van der Waals surface area contributed by atoms with Crippen molar-refractivity contribution in [2.24, 2.45) is 0 Å². The zero-order chi connectivity index (χ0) is 25.9. The molecule has 4 rings (SSSR count). The Labute approximate surface area is 216 Å². The number of H-pyrrole nitrogens is 1. The molecule has 0 aliphatic carbocycles. The van der Waals surface area contributed by atoms with E-state index in [2.05, 4.69) is 34.5 Å². The number of carbonyl (C=O) groups excluding carboxylic acids is 1. The van der Waals surface area contributed by atoms with Crippen LogP contribution >= 0.6 is 0 Å². The van der Waals surface area contributed by atoms with Crippen molar-refractivity contribution in [3.8, 4) is 11.5 Å². The number of carbonyl (C=O) groups is 1. The van der Waals surface area contributed by atoms with Crippen LogP contribution in [0.2, 0.25) is 0 Å². The molecule has 7 nitrogen and oxygen atoms in total. The third-order valence-electron chi connectivity index (χ3n) is 5.81.